The number of rotatable bonds is 9. The van der Waals surface area contributed by atoms with E-state index in [0.717, 1.165) is 22.3 Å². The zero-order valence-corrected chi connectivity index (χ0v) is 26.1. The lowest BCUT2D eigenvalue weighted by molar-refractivity contribution is -0.124. The first kappa shape index (κ1) is 30.1. The highest BCUT2D eigenvalue weighted by atomic mass is 35.5. The van der Waals surface area contributed by atoms with Gasteiger partial charge in [-0.3, -0.25) is 4.79 Å². The van der Waals surface area contributed by atoms with Crippen molar-refractivity contribution in [3.8, 4) is 11.4 Å². The fourth-order valence-electron chi connectivity index (χ4n) is 5.44. The molecule has 1 N–H and O–H groups in total. The van der Waals surface area contributed by atoms with Gasteiger partial charge in [-0.1, -0.05) is 65.7 Å². The number of sulfonamides is 1. The van der Waals surface area contributed by atoms with Crippen LogP contribution in [-0.2, 0) is 28.0 Å². The van der Waals surface area contributed by atoms with E-state index in [1.807, 2.05) is 66.2 Å². The zero-order valence-electron chi connectivity index (χ0n) is 23.8. The summed E-state index contributed by atoms with van der Waals surface area (Å²) in [6, 6.07) is 19.0. The number of benzene rings is 3. The lowest BCUT2D eigenvalue weighted by Crippen LogP contribution is -2.45. The van der Waals surface area contributed by atoms with Gasteiger partial charge in [-0.05, 0) is 49.6 Å². The lowest BCUT2D eigenvalue weighted by atomic mass is 10.1. The third kappa shape index (κ3) is 5.90. The van der Waals surface area contributed by atoms with Crippen LogP contribution in [0.25, 0.3) is 16.6 Å². The van der Waals surface area contributed by atoms with Crippen molar-refractivity contribution >= 4 is 50.0 Å². The molecule has 1 atom stereocenters. The molecule has 3 heterocycles. The predicted octanol–water partition coefficient (Wildman–Crippen LogP) is 6.08. The SMILES string of the molecule is Cc1cc(-n2ccnc2)c2cccc(OCc3c(Cl)ccc(S(=O)(=O)N4CCCC4C(=O)NCc4ccccc4)c3Cl)c2n1. The molecule has 2 aromatic heterocycles. The van der Waals surface area contributed by atoms with Crippen LogP contribution >= 0.6 is 23.2 Å². The largest absolute Gasteiger partial charge is 0.487 e. The second-order valence-corrected chi connectivity index (χ2v) is 13.2. The molecule has 1 saturated heterocycles. The maximum atomic E-state index is 13.9. The number of carbonyl (C=O) groups excluding carboxylic acids is 1. The molecule has 1 aliphatic rings. The van der Waals surface area contributed by atoms with E-state index in [4.69, 9.17) is 32.9 Å². The quantitative estimate of drug-likeness (QED) is 0.207. The minimum Gasteiger partial charge on any atom is -0.487 e. The fraction of sp³-hybridized carbons (Fsp3) is 0.219. The number of carbonyl (C=O) groups is 1. The summed E-state index contributed by atoms with van der Waals surface area (Å²) in [5.74, 6) is 0.139. The fourth-order valence-corrected chi connectivity index (χ4v) is 7.96. The van der Waals surface area contributed by atoms with E-state index in [-0.39, 0.29) is 34.0 Å². The molecule has 0 saturated carbocycles. The third-order valence-corrected chi connectivity index (χ3v) is 10.5. The van der Waals surface area contributed by atoms with E-state index in [1.165, 1.54) is 16.4 Å². The van der Waals surface area contributed by atoms with Gasteiger partial charge >= 0.3 is 0 Å². The number of ether oxygens (including phenoxy) is 1. The molecule has 12 heteroatoms. The van der Waals surface area contributed by atoms with Crippen molar-refractivity contribution in [1.29, 1.82) is 0 Å². The summed E-state index contributed by atoms with van der Waals surface area (Å²) in [7, 11) is -4.13. The Balaban J connectivity index is 1.25. The molecule has 1 unspecified atom stereocenters. The maximum Gasteiger partial charge on any atom is 0.245 e. The van der Waals surface area contributed by atoms with E-state index in [0.29, 0.717) is 36.2 Å². The Morgan fingerprint density at radius 2 is 1.91 bits per heavy atom. The van der Waals surface area contributed by atoms with Gasteiger partial charge in [0.25, 0.3) is 0 Å². The van der Waals surface area contributed by atoms with E-state index in [1.54, 1.807) is 18.6 Å². The number of aromatic nitrogens is 3. The Kier molecular flexibility index (Phi) is 8.59. The van der Waals surface area contributed by atoms with Crippen LogP contribution in [0, 0.1) is 6.92 Å². The number of para-hydroxylation sites is 1. The number of nitrogens with one attached hydrogen (secondary N) is 1. The van der Waals surface area contributed by atoms with Crippen LogP contribution in [0.4, 0.5) is 0 Å². The highest BCUT2D eigenvalue weighted by Gasteiger charge is 2.40. The van der Waals surface area contributed by atoms with Gasteiger partial charge in [-0.2, -0.15) is 4.31 Å². The van der Waals surface area contributed by atoms with Crippen molar-refractivity contribution in [3.63, 3.8) is 0 Å². The van der Waals surface area contributed by atoms with Crippen LogP contribution in [0.5, 0.6) is 5.75 Å². The summed E-state index contributed by atoms with van der Waals surface area (Å²) in [4.78, 5) is 21.8. The van der Waals surface area contributed by atoms with E-state index >= 15 is 0 Å². The Bertz CT molecular complexity index is 1940. The van der Waals surface area contributed by atoms with Gasteiger partial charge in [0.1, 0.15) is 28.8 Å². The monoisotopic (exact) mass is 649 g/mol. The lowest BCUT2D eigenvalue weighted by Gasteiger charge is -2.24. The average Bonchev–Trinajstić information content (AvgIpc) is 3.74. The summed E-state index contributed by atoms with van der Waals surface area (Å²) in [6.45, 7) is 2.31. The molecule has 0 aliphatic carbocycles. The molecule has 9 nitrogen and oxygen atoms in total. The average molecular weight is 651 g/mol. The Morgan fingerprint density at radius 1 is 1.09 bits per heavy atom. The minimum absolute atomic E-state index is 0.0451. The van der Waals surface area contributed by atoms with Crippen LogP contribution in [0.15, 0.2) is 90.3 Å². The van der Waals surface area contributed by atoms with Gasteiger partial charge in [0.2, 0.25) is 15.9 Å². The molecular weight excluding hydrogens is 621 g/mol. The molecular formula is C32H29Cl2N5O4S. The molecule has 0 spiro atoms. The molecule has 44 heavy (non-hydrogen) atoms. The third-order valence-electron chi connectivity index (χ3n) is 7.62. The molecule has 6 rings (SSSR count). The van der Waals surface area contributed by atoms with Gasteiger partial charge in [-0.15, -0.1) is 0 Å². The number of aryl methyl sites for hydroxylation is 1. The summed E-state index contributed by atoms with van der Waals surface area (Å²) in [5, 5.41) is 3.94. The zero-order chi connectivity index (χ0) is 30.8. The maximum absolute atomic E-state index is 13.9. The van der Waals surface area contributed by atoms with Crippen molar-refractivity contribution in [2.24, 2.45) is 0 Å². The van der Waals surface area contributed by atoms with Crippen LogP contribution < -0.4 is 10.1 Å². The van der Waals surface area contributed by atoms with Crippen LogP contribution in [0.2, 0.25) is 10.0 Å². The Morgan fingerprint density at radius 3 is 2.68 bits per heavy atom. The van der Waals surface area contributed by atoms with E-state index in [2.05, 4.69) is 10.3 Å². The highest BCUT2D eigenvalue weighted by Crippen LogP contribution is 2.37. The van der Waals surface area contributed by atoms with Gasteiger partial charge in [0.15, 0.2) is 0 Å². The number of nitrogens with zero attached hydrogens (tertiary/aromatic N) is 4. The van der Waals surface area contributed by atoms with E-state index < -0.39 is 16.1 Å². The Hall–Kier alpha value is -3.96. The molecule has 1 amide bonds. The minimum atomic E-state index is -4.13. The first-order chi connectivity index (χ1) is 21.2. The molecule has 0 radical (unpaired) electrons. The van der Waals surface area contributed by atoms with Crippen LogP contribution in [0.1, 0.15) is 29.7 Å². The van der Waals surface area contributed by atoms with Gasteiger partial charge in [0, 0.05) is 47.1 Å². The highest BCUT2D eigenvalue weighted by molar-refractivity contribution is 7.89. The number of pyridine rings is 1. The second-order valence-electron chi connectivity index (χ2n) is 10.5. The summed E-state index contributed by atoms with van der Waals surface area (Å²) in [5.41, 5.74) is 3.56. The predicted molar refractivity (Wildman–Crippen MR) is 170 cm³/mol. The van der Waals surface area contributed by atoms with E-state index in [9.17, 15) is 13.2 Å². The number of hydrogen-bond donors (Lipinski definition) is 1. The first-order valence-corrected chi connectivity index (χ1v) is 16.3. The smallest absolute Gasteiger partial charge is 0.245 e. The van der Waals surface area contributed by atoms with Crippen molar-refractivity contribution in [1.82, 2.24) is 24.2 Å². The normalized spacial score (nSPS) is 15.5. The second kappa shape index (κ2) is 12.6. The molecule has 0 bridgehead atoms. The number of halogens is 2. The van der Waals surface area contributed by atoms with Crippen LogP contribution in [0.3, 0.4) is 0 Å². The number of fused-ring (bicyclic) bond motifs is 1. The van der Waals surface area contributed by atoms with Gasteiger partial charge in [-0.25, -0.2) is 18.4 Å². The molecule has 226 valence electrons. The molecule has 1 aliphatic heterocycles. The summed E-state index contributed by atoms with van der Waals surface area (Å²) >= 11 is 13.3. The van der Waals surface area contributed by atoms with Gasteiger partial charge in [0.05, 0.1) is 17.0 Å². The summed E-state index contributed by atoms with van der Waals surface area (Å²) in [6.07, 6.45) is 6.23. The van der Waals surface area contributed by atoms with Crippen molar-refractivity contribution < 1.29 is 17.9 Å². The van der Waals surface area contributed by atoms with Crippen molar-refractivity contribution in [2.45, 2.75) is 43.9 Å². The number of imidazole rings is 1. The number of hydrogen-bond acceptors (Lipinski definition) is 6. The Labute approximate surface area is 265 Å². The first-order valence-electron chi connectivity index (χ1n) is 14.1. The topological polar surface area (TPSA) is 106 Å². The standard InChI is InChI=1S/C32H29Cl2N5O4S/c1-21-17-27(38-16-14-35-20-38)23-9-5-11-28(31(23)37-21)43-19-24-25(33)12-13-29(30(24)34)44(41,42)39-15-6-10-26(39)32(40)36-18-22-7-3-2-4-8-22/h2-5,7-9,11-14,16-17,20,26H,6,10,15,18-19H2,1H3,(H,36,40). The molecule has 5 aromatic rings. The van der Waals surface area contributed by atoms with Gasteiger partial charge < -0.3 is 14.6 Å². The van der Waals surface area contributed by atoms with Crippen LogP contribution in [-0.4, -0.2) is 45.8 Å². The van der Waals surface area contributed by atoms with Crippen molar-refractivity contribution in [2.75, 3.05) is 6.54 Å². The molecule has 3 aromatic carbocycles. The number of amides is 1. The molecule has 1 fully saturated rings. The summed E-state index contributed by atoms with van der Waals surface area (Å²) < 4.78 is 37.1. The van der Waals surface area contributed by atoms with Crippen molar-refractivity contribution in [3.05, 3.63) is 112 Å².